The third-order valence-corrected chi connectivity index (χ3v) is 14.3. The van der Waals surface area contributed by atoms with Gasteiger partial charge in [0.05, 0.1) is 0 Å². The normalized spacial score (nSPS) is 12.2. The second-order valence-corrected chi connectivity index (χ2v) is 17.6. The lowest BCUT2D eigenvalue weighted by atomic mass is 9.88. The van der Waals surface area contributed by atoms with Gasteiger partial charge >= 0.3 is 0 Å². The fourth-order valence-electron chi connectivity index (χ4n) is 10.4. The van der Waals surface area contributed by atoms with Crippen molar-refractivity contribution in [1.29, 1.82) is 0 Å². The van der Waals surface area contributed by atoms with Crippen LogP contribution in [0.25, 0.3) is 129 Å². The first-order valence-corrected chi connectivity index (χ1v) is 21.4. The molecule has 0 nitrogen and oxygen atoms in total. The minimum absolute atomic E-state index is 1.26. The van der Waals surface area contributed by atoms with Crippen LogP contribution in [0.1, 0.15) is 11.1 Å². The van der Waals surface area contributed by atoms with E-state index in [-0.39, 0.29) is 0 Å². The van der Waals surface area contributed by atoms with Gasteiger partial charge in [0.25, 0.3) is 0 Å². The molecular weight excluding hydrogens is 729 g/mol. The highest BCUT2D eigenvalue weighted by Gasteiger charge is 2.16. The Hall–Kier alpha value is -7.06. The summed E-state index contributed by atoms with van der Waals surface area (Å²) in [5, 5.41) is 18.6. The number of fused-ring (bicyclic) bond motifs is 3. The Morgan fingerprint density at radius 1 is 0.271 bits per heavy atom. The number of aryl methyl sites for hydroxylation is 2. The zero-order valence-corrected chi connectivity index (χ0v) is 33.5. The molecule has 0 atom stereocenters. The van der Waals surface area contributed by atoms with Crippen molar-refractivity contribution < 1.29 is 0 Å². The lowest BCUT2D eigenvalue weighted by Gasteiger charge is -2.15. The van der Waals surface area contributed by atoms with E-state index in [1.165, 1.54) is 140 Å². The Morgan fingerprint density at radius 2 is 0.593 bits per heavy atom. The van der Waals surface area contributed by atoms with Crippen LogP contribution in [0.15, 0.2) is 182 Å². The van der Waals surface area contributed by atoms with Gasteiger partial charge in [0.15, 0.2) is 0 Å². The molecule has 0 radical (unpaired) electrons. The maximum absolute atomic E-state index is 2.40. The van der Waals surface area contributed by atoms with Crippen molar-refractivity contribution in [2.24, 2.45) is 0 Å². The topological polar surface area (TPSA) is 0 Å². The smallest absolute Gasteiger partial charge is 0.0361 e. The highest BCUT2D eigenvalue weighted by molar-refractivity contribution is 7.25. The molecule has 1 aromatic heterocycles. The van der Waals surface area contributed by atoms with Crippen LogP contribution in [0.5, 0.6) is 0 Å². The maximum atomic E-state index is 2.40. The Morgan fingerprint density at radius 3 is 1.02 bits per heavy atom. The molecule has 0 unspecified atom stereocenters. The molecule has 1 heteroatoms. The van der Waals surface area contributed by atoms with Crippen molar-refractivity contribution in [1.82, 2.24) is 0 Å². The predicted octanol–water partition coefficient (Wildman–Crippen LogP) is 17.1. The van der Waals surface area contributed by atoms with Crippen LogP contribution in [0, 0.1) is 13.8 Å². The van der Waals surface area contributed by atoms with Crippen LogP contribution in [0.4, 0.5) is 0 Å². The molecule has 0 aliphatic rings. The zero-order valence-electron chi connectivity index (χ0n) is 32.7. The van der Waals surface area contributed by atoms with Gasteiger partial charge in [-0.3, -0.25) is 0 Å². The van der Waals surface area contributed by atoms with Gasteiger partial charge in [0, 0.05) is 20.2 Å². The van der Waals surface area contributed by atoms with Crippen molar-refractivity contribution in [2.75, 3.05) is 0 Å². The molecule has 0 N–H and O–H groups in total. The molecule has 12 aromatic carbocycles. The molecule has 0 saturated carbocycles. The van der Waals surface area contributed by atoms with E-state index in [0.29, 0.717) is 0 Å². The molecule has 0 spiro atoms. The molecule has 0 aliphatic heterocycles. The largest absolute Gasteiger partial charge is 0.135 e. The van der Waals surface area contributed by atoms with E-state index < -0.39 is 0 Å². The first-order valence-electron chi connectivity index (χ1n) is 20.6. The van der Waals surface area contributed by atoms with Gasteiger partial charge in [-0.05, 0) is 146 Å². The molecule has 13 rings (SSSR count). The van der Waals surface area contributed by atoms with E-state index in [1.807, 2.05) is 11.3 Å². The third-order valence-electron chi connectivity index (χ3n) is 13.2. The molecule has 1 heterocycles. The molecule has 59 heavy (non-hydrogen) atoms. The summed E-state index contributed by atoms with van der Waals surface area (Å²) < 4.78 is 2.65. The maximum Gasteiger partial charge on any atom is 0.0361 e. The van der Waals surface area contributed by atoms with E-state index in [0.717, 1.165) is 0 Å². The first-order chi connectivity index (χ1) is 29.0. The van der Waals surface area contributed by atoms with E-state index >= 15 is 0 Å². The monoisotopic (exact) mass is 764 g/mol. The minimum atomic E-state index is 1.26. The molecule has 274 valence electrons. The fourth-order valence-corrected chi connectivity index (χ4v) is 11.6. The van der Waals surface area contributed by atoms with E-state index in [9.17, 15) is 0 Å². The Balaban J connectivity index is 0.843. The van der Waals surface area contributed by atoms with Crippen molar-refractivity contribution in [2.45, 2.75) is 13.8 Å². The Labute approximate surface area is 345 Å². The summed E-state index contributed by atoms with van der Waals surface area (Å²) in [6.07, 6.45) is 0. The van der Waals surface area contributed by atoms with E-state index in [4.69, 9.17) is 0 Å². The van der Waals surface area contributed by atoms with Crippen LogP contribution < -0.4 is 0 Å². The summed E-state index contributed by atoms with van der Waals surface area (Å²) in [7, 11) is 0. The Bertz CT molecular complexity index is 3580. The summed E-state index contributed by atoms with van der Waals surface area (Å²) in [4.78, 5) is 0. The van der Waals surface area contributed by atoms with Gasteiger partial charge in [-0.25, -0.2) is 0 Å². The molecule has 0 aliphatic carbocycles. The summed E-state index contributed by atoms with van der Waals surface area (Å²) in [5.41, 5.74) is 12.8. The standard InChI is InChI=1S/C58H36S/c1-33-29-41(47-23-13-39-11-9-35-5-3-7-37-15-27-51(47)57(39)55(35)37)17-21-45(33)43-19-25-49-50-26-20-44(32-54(50)59-53(49)31-43)46-22-18-42(30-34(46)2)48-24-14-40-12-10-36-6-4-8-38-16-28-52(48)58(40)56(36)38/h3-32H,1-2H3. The Kier molecular flexibility index (Phi) is 6.83. The molecule has 0 saturated heterocycles. The average Bonchev–Trinajstić information content (AvgIpc) is 3.64. The van der Waals surface area contributed by atoms with Gasteiger partial charge in [-0.1, -0.05) is 170 Å². The average molecular weight is 765 g/mol. The number of hydrogen-bond acceptors (Lipinski definition) is 1. The van der Waals surface area contributed by atoms with Crippen molar-refractivity contribution >= 4 is 96.1 Å². The van der Waals surface area contributed by atoms with Crippen LogP contribution in [0.2, 0.25) is 0 Å². The van der Waals surface area contributed by atoms with Crippen LogP contribution in [-0.4, -0.2) is 0 Å². The van der Waals surface area contributed by atoms with Crippen molar-refractivity contribution in [3.8, 4) is 44.5 Å². The molecule has 0 fully saturated rings. The summed E-state index contributed by atoms with van der Waals surface area (Å²) in [6, 6.07) is 68.8. The highest BCUT2D eigenvalue weighted by atomic mass is 32.1. The lowest BCUT2D eigenvalue weighted by molar-refractivity contribution is 1.46. The summed E-state index contributed by atoms with van der Waals surface area (Å²) in [5.74, 6) is 0. The van der Waals surface area contributed by atoms with Crippen molar-refractivity contribution in [3.05, 3.63) is 193 Å². The van der Waals surface area contributed by atoms with E-state index in [1.54, 1.807) is 0 Å². The van der Waals surface area contributed by atoms with Crippen LogP contribution >= 0.6 is 11.3 Å². The summed E-state index contributed by atoms with van der Waals surface area (Å²) in [6.45, 7) is 4.52. The summed E-state index contributed by atoms with van der Waals surface area (Å²) >= 11 is 1.90. The quantitative estimate of drug-likeness (QED) is 0.157. The third kappa shape index (κ3) is 4.83. The second-order valence-electron chi connectivity index (χ2n) is 16.5. The van der Waals surface area contributed by atoms with Crippen molar-refractivity contribution in [3.63, 3.8) is 0 Å². The molecule has 13 aromatic rings. The van der Waals surface area contributed by atoms with Gasteiger partial charge in [0.2, 0.25) is 0 Å². The number of rotatable bonds is 4. The molecule has 0 bridgehead atoms. The van der Waals surface area contributed by atoms with Crippen LogP contribution in [-0.2, 0) is 0 Å². The predicted molar refractivity (Wildman–Crippen MR) is 258 cm³/mol. The fraction of sp³-hybridized carbons (Fsp3) is 0.0345. The first kappa shape index (κ1) is 33.0. The number of thiophene rings is 1. The SMILES string of the molecule is Cc1cc(-c2ccc3ccc4cccc5ccc2c3c45)ccc1-c1ccc2c(c1)sc1cc(-c3ccc(-c4ccc5ccc6cccc7ccc4c5c67)cc3C)ccc12. The highest BCUT2D eigenvalue weighted by Crippen LogP contribution is 2.44. The lowest BCUT2D eigenvalue weighted by Crippen LogP contribution is -1.89. The van der Waals surface area contributed by atoms with Gasteiger partial charge in [0.1, 0.15) is 0 Å². The number of hydrogen-bond donors (Lipinski definition) is 0. The van der Waals surface area contributed by atoms with Gasteiger partial charge in [-0.15, -0.1) is 11.3 Å². The van der Waals surface area contributed by atoms with Gasteiger partial charge in [-0.2, -0.15) is 0 Å². The van der Waals surface area contributed by atoms with E-state index in [2.05, 4.69) is 196 Å². The zero-order chi connectivity index (χ0) is 38.9. The van der Waals surface area contributed by atoms with Crippen LogP contribution in [0.3, 0.4) is 0 Å². The molecular formula is C58H36S. The second kappa shape index (κ2) is 12.2. The molecule has 0 amide bonds. The minimum Gasteiger partial charge on any atom is -0.135 e. The number of benzene rings is 12. The van der Waals surface area contributed by atoms with Gasteiger partial charge < -0.3 is 0 Å².